The summed E-state index contributed by atoms with van der Waals surface area (Å²) < 4.78 is 0. The summed E-state index contributed by atoms with van der Waals surface area (Å²) in [4.78, 5) is 22.0. The average Bonchev–Trinajstić information content (AvgIpc) is 1.98. The fourth-order valence-corrected chi connectivity index (χ4v) is 1.11. The van der Waals surface area contributed by atoms with E-state index in [2.05, 4.69) is 0 Å². The van der Waals surface area contributed by atoms with Crippen molar-refractivity contribution in [2.75, 3.05) is 0 Å². The molecule has 0 aromatic heterocycles. The summed E-state index contributed by atoms with van der Waals surface area (Å²) in [6.45, 7) is 1.51. The maximum Gasteiger partial charge on any atom is 0.223 e. The predicted molar refractivity (Wildman–Crippen MR) is 45.1 cm³/mol. The van der Waals surface area contributed by atoms with Crippen molar-refractivity contribution in [1.82, 2.24) is 0 Å². The first-order valence-corrected chi connectivity index (χ1v) is 3.88. The fourth-order valence-electron chi connectivity index (χ4n) is 1.11. The molecule has 0 heterocycles. The Morgan fingerprint density at radius 1 is 1.38 bits per heavy atom. The zero-order valence-corrected chi connectivity index (χ0v) is 7.15. The Labute approximate surface area is 75.2 Å². The largest absolute Gasteiger partial charge is 0.504 e. The molecule has 70 valence electrons. The molecule has 2 N–H and O–H groups in total. The third-order valence-electron chi connectivity index (χ3n) is 1.64. The molecule has 1 aliphatic carbocycles. The summed E-state index contributed by atoms with van der Waals surface area (Å²) in [6.07, 6.45) is 1.39. The lowest BCUT2D eigenvalue weighted by molar-refractivity contribution is -0.117. The molecule has 0 aliphatic heterocycles. The Hall–Kier alpha value is -1.42. The molecule has 4 nitrogen and oxygen atoms in total. The van der Waals surface area contributed by atoms with Crippen LogP contribution in [0.2, 0.25) is 0 Å². The molecule has 0 saturated carbocycles. The van der Waals surface area contributed by atoms with Crippen LogP contribution in [0.15, 0.2) is 23.5 Å². The lowest BCUT2D eigenvalue weighted by atomic mass is 9.97. The smallest absolute Gasteiger partial charge is 0.223 e. The number of Topliss-reactive ketones (excluding diaryl/α,β-unsaturated/α-hetero) is 1. The molecule has 0 amide bonds. The van der Waals surface area contributed by atoms with Gasteiger partial charge in [0.25, 0.3) is 0 Å². The van der Waals surface area contributed by atoms with Crippen molar-refractivity contribution >= 4 is 11.6 Å². The van der Waals surface area contributed by atoms with Crippen molar-refractivity contribution in [3.8, 4) is 0 Å². The lowest BCUT2D eigenvalue weighted by Gasteiger charge is -2.10. The van der Waals surface area contributed by atoms with Gasteiger partial charge in [-0.15, -0.1) is 0 Å². The summed E-state index contributed by atoms with van der Waals surface area (Å²) in [5.41, 5.74) is 0.153. The highest BCUT2D eigenvalue weighted by atomic mass is 16.3. The zero-order chi connectivity index (χ0) is 10.0. The van der Waals surface area contributed by atoms with Gasteiger partial charge in [0.05, 0.1) is 6.10 Å². The number of rotatable bonds is 2. The van der Waals surface area contributed by atoms with Crippen LogP contribution in [-0.4, -0.2) is 27.9 Å². The monoisotopic (exact) mass is 182 g/mol. The Kier molecular flexibility index (Phi) is 2.63. The number of carbonyl (C=O) groups is 2. The SMILES string of the molecule is C[C@@H](O)CC1=CC(=O)C=C(O)C1=O. The summed E-state index contributed by atoms with van der Waals surface area (Å²) in [6, 6.07) is 0. The third-order valence-corrected chi connectivity index (χ3v) is 1.64. The highest BCUT2D eigenvalue weighted by Gasteiger charge is 2.21. The fraction of sp³-hybridized carbons (Fsp3) is 0.333. The van der Waals surface area contributed by atoms with Gasteiger partial charge in [0, 0.05) is 18.1 Å². The van der Waals surface area contributed by atoms with E-state index in [1.165, 1.54) is 6.92 Å². The van der Waals surface area contributed by atoms with Crippen LogP contribution in [0.5, 0.6) is 0 Å². The van der Waals surface area contributed by atoms with Crippen molar-refractivity contribution in [3.05, 3.63) is 23.5 Å². The number of hydrogen-bond donors (Lipinski definition) is 2. The van der Waals surface area contributed by atoms with Crippen LogP contribution < -0.4 is 0 Å². The maximum absolute atomic E-state index is 11.2. The van der Waals surface area contributed by atoms with Gasteiger partial charge in [-0.2, -0.15) is 0 Å². The molecular weight excluding hydrogens is 172 g/mol. The molecule has 0 spiro atoms. The normalized spacial score (nSPS) is 19.5. The number of allylic oxidation sites excluding steroid dienone is 3. The molecule has 1 rings (SSSR count). The van der Waals surface area contributed by atoms with Crippen LogP contribution in [-0.2, 0) is 9.59 Å². The molecule has 1 aliphatic rings. The van der Waals surface area contributed by atoms with Crippen molar-refractivity contribution in [2.45, 2.75) is 19.4 Å². The van der Waals surface area contributed by atoms with Crippen LogP contribution in [0.25, 0.3) is 0 Å². The van der Waals surface area contributed by atoms with E-state index < -0.39 is 23.4 Å². The number of aliphatic hydroxyl groups is 2. The minimum absolute atomic E-state index is 0.0858. The molecule has 0 unspecified atom stereocenters. The van der Waals surface area contributed by atoms with E-state index in [1.807, 2.05) is 0 Å². The van der Waals surface area contributed by atoms with E-state index in [1.54, 1.807) is 0 Å². The number of aliphatic hydroxyl groups excluding tert-OH is 2. The van der Waals surface area contributed by atoms with E-state index in [9.17, 15) is 9.59 Å². The van der Waals surface area contributed by atoms with E-state index in [-0.39, 0.29) is 12.0 Å². The van der Waals surface area contributed by atoms with Gasteiger partial charge in [-0.25, -0.2) is 0 Å². The van der Waals surface area contributed by atoms with E-state index >= 15 is 0 Å². The molecule has 0 bridgehead atoms. The van der Waals surface area contributed by atoms with Gasteiger partial charge in [-0.1, -0.05) is 0 Å². The van der Waals surface area contributed by atoms with Crippen LogP contribution in [0.4, 0.5) is 0 Å². The van der Waals surface area contributed by atoms with Crippen molar-refractivity contribution in [3.63, 3.8) is 0 Å². The first-order valence-electron chi connectivity index (χ1n) is 3.88. The molecule has 4 heteroatoms. The summed E-state index contributed by atoms with van der Waals surface area (Å²) in [7, 11) is 0. The lowest BCUT2D eigenvalue weighted by Crippen LogP contribution is -2.17. The van der Waals surface area contributed by atoms with Gasteiger partial charge in [0.1, 0.15) is 0 Å². The predicted octanol–water partition coefficient (Wildman–Crippen LogP) is 0.277. The molecule has 13 heavy (non-hydrogen) atoms. The molecule has 0 aromatic carbocycles. The Balaban J connectivity index is 2.86. The van der Waals surface area contributed by atoms with E-state index in [0.29, 0.717) is 0 Å². The van der Waals surface area contributed by atoms with Gasteiger partial charge in [0.2, 0.25) is 5.78 Å². The first-order chi connectivity index (χ1) is 6.00. The summed E-state index contributed by atoms with van der Waals surface area (Å²) in [5.74, 6) is -1.56. The van der Waals surface area contributed by atoms with E-state index in [4.69, 9.17) is 10.2 Å². The molecular formula is C9H10O4. The quantitative estimate of drug-likeness (QED) is 0.601. The Bertz CT molecular complexity index is 310. The van der Waals surface area contributed by atoms with Gasteiger partial charge < -0.3 is 10.2 Å². The van der Waals surface area contributed by atoms with Crippen LogP contribution in [0, 0.1) is 0 Å². The van der Waals surface area contributed by atoms with E-state index in [0.717, 1.165) is 12.2 Å². The van der Waals surface area contributed by atoms with Crippen LogP contribution >= 0.6 is 0 Å². The highest BCUT2D eigenvalue weighted by molar-refractivity contribution is 6.19. The van der Waals surface area contributed by atoms with Gasteiger partial charge in [-0.3, -0.25) is 9.59 Å². The number of hydrogen-bond acceptors (Lipinski definition) is 4. The summed E-state index contributed by atoms with van der Waals surface area (Å²) in [5, 5.41) is 18.0. The van der Waals surface area contributed by atoms with Crippen molar-refractivity contribution in [1.29, 1.82) is 0 Å². The summed E-state index contributed by atoms with van der Waals surface area (Å²) >= 11 is 0. The molecule has 0 saturated heterocycles. The van der Waals surface area contributed by atoms with Crippen LogP contribution in [0.1, 0.15) is 13.3 Å². The maximum atomic E-state index is 11.2. The third kappa shape index (κ3) is 2.26. The molecule has 1 atom stereocenters. The topological polar surface area (TPSA) is 74.6 Å². The Morgan fingerprint density at radius 2 is 2.00 bits per heavy atom. The number of ketones is 2. The highest BCUT2D eigenvalue weighted by Crippen LogP contribution is 2.15. The second kappa shape index (κ2) is 3.53. The van der Waals surface area contributed by atoms with Gasteiger partial charge in [-0.05, 0) is 13.0 Å². The standard InChI is InChI=1S/C9H10O4/c1-5(10)2-6-3-7(11)4-8(12)9(6)13/h3-5,10,12H,2H2,1H3/t5-/m1/s1. The number of carbonyl (C=O) groups excluding carboxylic acids is 2. The molecule has 0 radical (unpaired) electrons. The first kappa shape index (κ1) is 9.67. The second-order valence-corrected chi connectivity index (χ2v) is 2.98. The van der Waals surface area contributed by atoms with Crippen LogP contribution in [0.3, 0.4) is 0 Å². The molecule has 0 aromatic rings. The minimum atomic E-state index is -0.700. The average molecular weight is 182 g/mol. The van der Waals surface area contributed by atoms with Crippen molar-refractivity contribution in [2.24, 2.45) is 0 Å². The minimum Gasteiger partial charge on any atom is -0.504 e. The Morgan fingerprint density at radius 3 is 2.54 bits per heavy atom. The molecule has 0 fully saturated rings. The van der Waals surface area contributed by atoms with Gasteiger partial charge in [0.15, 0.2) is 11.5 Å². The zero-order valence-electron chi connectivity index (χ0n) is 7.15. The van der Waals surface area contributed by atoms with Gasteiger partial charge >= 0.3 is 0 Å². The second-order valence-electron chi connectivity index (χ2n) is 2.98. The van der Waals surface area contributed by atoms with Crippen molar-refractivity contribution < 1.29 is 19.8 Å².